The molecule has 33 heavy (non-hydrogen) atoms. The van der Waals surface area contributed by atoms with Crippen molar-refractivity contribution in [3.63, 3.8) is 0 Å². The summed E-state index contributed by atoms with van der Waals surface area (Å²) in [6, 6.07) is 18.6. The van der Waals surface area contributed by atoms with Gasteiger partial charge in [0.15, 0.2) is 0 Å². The first-order valence-electron chi connectivity index (χ1n) is 9.76. The van der Waals surface area contributed by atoms with Crippen molar-refractivity contribution < 1.29 is 19.1 Å². The molecule has 0 aromatic heterocycles. The Morgan fingerprint density at radius 1 is 1.06 bits per heavy atom. The fraction of sp³-hybridized carbons (Fsp3) is 0.0833. The largest absolute Gasteiger partial charge is 0.422 e. The van der Waals surface area contributed by atoms with Crippen LogP contribution in [0.2, 0.25) is 5.02 Å². The Balaban J connectivity index is 1.60. The summed E-state index contributed by atoms with van der Waals surface area (Å²) in [6.45, 7) is 1.59. The third-order valence-electron chi connectivity index (χ3n) is 4.35. The smallest absolute Gasteiger partial charge is 0.343 e. The summed E-state index contributed by atoms with van der Waals surface area (Å²) in [4.78, 5) is 36.6. The second-order valence-corrected chi connectivity index (χ2v) is 8.22. The number of hydrogen-bond donors (Lipinski definition) is 2. The van der Waals surface area contributed by atoms with Gasteiger partial charge in [0.1, 0.15) is 5.75 Å². The fourth-order valence-corrected chi connectivity index (χ4v) is 3.36. The molecule has 3 aromatic rings. The second kappa shape index (κ2) is 11.4. The zero-order chi connectivity index (χ0) is 23.8. The van der Waals surface area contributed by atoms with Crippen molar-refractivity contribution in [2.75, 3.05) is 6.54 Å². The second-order valence-electron chi connectivity index (χ2n) is 6.90. The SMILES string of the molecule is Cc1cccc(C(=O)Oc2ccc(Br)cc2C=NNC(=O)CNC(=O)c2ccccc2Cl)c1. The van der Waals surface area contributed by atoms with Crippen molar-refractivity contribution >= 4 is 51.5 Å². The minimum absolute atomic E-state index is 0.268. The molecule has 0 saturated heterocycles. The van der Waals surface area contributed by atoms with E-state index >= 15 is 0 Å². The molecule has 7 nitrogen and oxygen atoms in total. The fourth-order valence-electron chi connectivity index (χ4n) is 2.76. The molecule has 0 spiro atoms. The number of nitrogens with zero attached hydrogens (tertiary/aromatic N) is 1. The van der Waals surface area contributed by atoms with Gasteiger partial charge >= 0.3 is 5.97 Å². The number of rotatable bonds is 7. The van der Waals surface area contributed by atoms with Gasteiger partial charge in [0.2, 0.25) is 0 Å². The summed E-state index contributed by atoms with van der Waals surface area (Å²) in [5.41, 5.74) is 4.41. The lowest BCUT2D eigenvalue weighted by molar-refractivity contribution is -0.120. The van der Waals surface area contributed by atoms with E-state index in [1.165, 1.54) is 6.21 Å². The van der Waals surface area contributed by atoms with E-state index in [-0.39, 0.29) is 22.9 Å². The highest BCUT2D eigenvalue weighted by Crippen LogP contribution is 2.23. The van der Waals surface area contributed by atoms with Crippen molar-refractivity contribution in [2.24, 2.45) is 5.10 Å². The van der Waals surface area contributed by atoms with Gasteiger partial charge in [-0.15, -0.1) is 0 Å². The summed E-state index contributed by atoms with van der Waals surface area (Å²) in [5.74, 6) is -1.26. The Labute approximate surface area is 203 Å². The number of carbonyl (C=O) groups excluding carboxylic acids is 3. The molecule has 3 aromatic carbocycles. The molecule has 9 heteroatoms. The first kappa shape index (κ1) is 24.2. The van der Waals surface area contributed by atoms with Gasteiger partial charge in [0, 0.05) is 10.0 Å². The van der Waals surface area contributed by atoms with Crippen LogP contribution in [0.3, 0.4) is 0 Å². The first-order valence-corrected chi connectivity index (χ1v) is 10.9. The number of carbonyl (C=O) groups is 3. The number of amides is 2. The molecule has 0 atom stereocenters. The minimum Gasteiger partial charge on any atom is -0.422 e. The lowest BCUT2D eigenvalue weighted by atomic mass is 10.1. The predicted molar refractivity (Wildman–Crippen MR) is 130 cm³/mol. The Hall–Kier alpha value is -3.49. The maximum Gasteiger partial charge on any atom is 0.343 e. The van der Waals surface area contributed by atoms with Crippen LogP contribution in [0.15, 0.2) is 76.3 Å². The van der Waals surface area contributed by atoms with Gasteiger partial charge in [-0.05, 0) is 49.4 Å². The number of nitrogens with one attached hydrogen (secondary N) is 2. The highest BCUT2D eigenvalue weighted by molar-refractivity contribution is 9.10. The summed E-state index contributed by atoms with van der Waals surface area (Å²) in [5, 5.41) is 6.65. The van der Waals surface area contributed by atoms with E-state index in [4.69, 9.17) is 16.3 Å². The number of hydrazone groups is 1. The van der Waals surface area contributed by atoms with E-state index in [0.29, 0.717) is 11.1 Å². The topological polar surface area (TPSA) is 96.9 Å². The third-order valence-corrected chi connectivity index (χ3v) is 5.17. The standard InChI is InChI=1S/C24H19BrClN3O4/c1-15-5-4-6-16(11-15)24(32)33-21-10-9-18(25)12-17(21)13-28-29-22(30)14-27-23(31)19-7-2-3-8-20(19)26/h2-13H,14H2,1H3,(H,27,31)(H,29,30). The molecule has 168 valence electrons. The van der Waals surface area contributed by atoms with Crippen molar-refractivity contribution in [1.29, 1.82) is 0 Å². The van der Waals surface area contributed by atoms with Gasteiger partial charge in [0.05, 0.1) is 28.9 Å². The molecule has 2 N–H and O–H groups in total. The molecule has 0 heterocycles. The molecular weight excluding hydrogens is 510 g/mol. The summed E-state index contributed by atoms with van der Waals surface area (Å²) in [7, 11) is 0. The molecule has 0 aliphatic rings. The van der Waals surface area contributed by atoms with E-state index in [0.717, 1.165) is 10.0 Å². The molecule has 0 aliphatic carbocycles. The van der Waals surface area contributed by atoms with Crippen LogP contribution >= 0.6 is 27.5 Å². The third kappa shape index (κ3) is 7.00. The normalized spacial score (nSPS) is 10.6. The van der Waals surface area contributed by atoms with E-state index in [1.807, 2.05) is 13.0 Å². The Kier molecular flexibility index (Phi) is 8.34. The summed E-state index contributed by atoms with van der Waals surface area (Å²) >= 11 is 9.33. The number of esters is 1. The van der Waals surface area contributed by atoms with E-state index in [2.05, 4.69) is 31.8 Å². The van der Waals surface area contributed by atoms with Gasteiger partial charge in [-0.2, -0.15) is 5.10 Å². The van der Waals surface area contributed by atoms with Crippen molar-refractivity contribution in [1.82, 2.24) is 10.7 Å². The number of ether oxygens (including phenoxy) is 1. The van der Waals surface area contributed by atoms with E-state index in [9.17, 15) is 14.4 Å². The highest BCUT2D eigenvalue weighted by Gasteiger charge is 2.13. The zero-order valence-corrected chi connectivity index (χ0v) is 19.8. The van der Waals surface area contributed by atoms with Crippen molar-refractivity contribution in [3.8, 4) is 5.75 Å². The van der Waals surface area contributed by atoms with Gasteiger partial charge in [-0.3, -0.25) is 9.59 Å². The van der Waals surface area contributed by atoms with E-state index < -0.39 is 17.8 Å². The molecule has 0 unspecified atom stereocenters. The van der Waals surface area contributed by atoms with Crippen molar-refractivity contribution in [2.45, 2.75) is 6.92 Å². The monoisotopic (exact) mass is 527 g/mol. The molecule has 0 bridgehead atoms. The molecule has 0 aliphatic heterocycles. The highest BCUT2D eigenvalue weighted by atomic mass is 79.9. The first-order chi connectivity index (χ1) is 15.8. The average molecular weight is 529 g/mol. The summed E-state index contributed by atoms with van der Waals surface area (Å²) in [6.07, 6.45) is 1.34. The number of halogens is 2. The number of hydrogen-bond acceptors (Lipinski definition) is 5. The lowest BCUT2D eigenvalue weighted by Crippen LogP contribution is -2.35. The molecule has 3 rings (SSSR count). The quantitative estimate of drug-likeness (QED) is 0.204. The van der Waals surface area contributed by atoms with Gasteiger partial charge in [0.25, 0.3) is 11.8 Å². The maximum atomic E-state index is 12.5. The van der Waals surface area contributed by atoms with Gasteiger partial charge in [-0.25, -0.2) is 10.2 Å². The van der Waals surface area contributed by atoms with Crippen LogP contribution in [0.1, 0.15) is 31.8 Å². The number of benzene rings is 3. The lowest BCUT2D eigenvalue weighted by Gasteiger charge is -2.09. The predicted octanol–water partition coefficient (Wildman–Crippen LogP) is 4.51. The van der Waals surface area contributed by atoms with Gasteiger partial charge < -0.3 is 10.1 Å². The van der Waals surface area contributed by atoms with Crippen LogP contribution in [0.4, 0.5) is 0 Å². The summed E-state index contributed by atoms with van der Waals surface area (Å²) < 4.78 is 6.24. The molecular formula is C24H19BrClN3O4. The number of aryl methyl sites for hydroxylation is 1. The zero-order valence-electron chi connectivity index (χ0n) is 17.5. The Morgan fingerprint density at radius 2 is 1.85 bits per heavy atom. The van der Waals surface area contributed by atoms with Crippen LogP contribution in [0, 0.1) is 6.92 Å². The molecule has 0 saturated carbocycles. The van der Waals surface area contributed by atoms with Crippen LogP contribution in [-0.2, 0) is 4.79 Å². The maximum absolute atomic E-state index is 12.5. The minimum atomic E-state index is -0.542. The molecule has 0 fully saturated rings. The molecule has 0 radical (unpaired) electrons. The van der Waals surface area contributed by atoms with Crippen molar-refractivity contribution in [3.05, 3.63) is 98.5 Å². The Bertz CT molecular complexity index is 1230. The van der Waals surface area contributed by atoms with Crippen LogP contribution in [0.5, 0.6) is 5.75 Å². The Morgan fingerprint density at radius 3 is 2.61 bits per heavy atom. The average Bonchev–Trinajstić information content (AvgIpc) is 2.79. The molecule has 2 amide bonds. The van der Waals surface area contributed by atoms with Crippen LogP contribution in [0.25, 0.3) is 0 Å². The van der Waals surface area contributed by atoms with Crippen LogP contribution < -0.4 is 15.5 Å². The van der Waals surface area contributed by atoms with Crippen LogP contribution in [-0.4, -0.2) is 30.5 Å². The van der Waals surface area contributed by atoms with Gasteiger partial charge in [-0.1, -0.05) is 57.4 Å². The van der Waals surface area contributed by atoms with E-state index in [1.54, 1.807) is 60.7 Å².